The number of guanidine groups is 1. The highest BCUT2D eigenvalue weighted by molar-refractivity contribution is 14.0. The Kier molecular flexibility index (Phi) is 11.1. The third-order valence-corrected chi connectivity index (χ3v) is 5.03. The summed E-state index contributed by atoms with van der Waals surface area (Å²) < 4.78 is 7.29. The molecule has 0 spiro atoms. The van der Waals surface area contributed by atoms with Gasteiger partial charge in [0.05, 0.1) is 19.8 Å². The van der Waals surface area contributed by atoms with Crippen molar-refractivity contribution in [2.45, 2.75) is 39.3 Å². The van der Waals surface area contributed by atoms with Crippen LogP contribution < -0.4 is 10.6 Å². The van der Waals surface area contributed by atoms with Crippen LogP contribution in [0.1, 0.15) is 32.5 Å². The first kappa shape index (κ1) is 23.1. The Hall–Kier alpha value is -0.940. The molecule has 1 atom stereocenters. The van der Waals surface area contributed by atoms with E-state index in [2.05, 4.69) is 44.5 Å². The van der Waals surface area contributed by atoms with Crippen molar-refractivity contribution in [2.75, 3.05) is 39.9 Å². The fourth-order valence-electron chi connectivity index (χ4n) is 3.40. The van der Waals surface area contributed by atoms with Crippen molar-refractivity contribution < 1.29 is 4.74 Å². The maximum absolute atomic E-state index is 5.52. The van der Waals surface area contributed by atoms with Crippen LogP contribution in [0.2, 0.25) is 0 Å². The minimum atomic E-state index is 0. The van der Waals surface area contributed by atoms with Crippen molar-refractivity contribution in [1.29, 1.82) is 0 Å². The standard InChI is InChI=1S/C17H33N7O.HI/c1-5-14(6-2)15(24-7-9-25-10-8-24)11-19-17(18-3)20-12-16-21-13-22-23(16)4;/h13-15H,5-12H2,1-4H3,(H2,18,19,20);1H. The number of rotatable bonds is 8. The van der Waals surface area contributed by atoms with Gasteiger partial charge in [0.25, 0.3) is 0 Å². The first-order valence-electron chi connectivity index (χ1n) is 9.28. The van der Waals surface area contributed by atoms with Crippen LogP contribution in [-0.2, 0) is 18.3 Å². The average molecular weight is 479 g/mol. The monoisotopic (exact) mass is 479 g/mol. The van der Waals surface area contributed by atoms with Gasteiger partial charge in [-0.05, 0) is 5.92 Å². The fourth-order valence-corrected chi connectivity index (χ4v) is 3.40. The Balaban J connectivity index is 0.00000338. The highest BCUT2D eigenvalue weighted by atomic mass is 127. The molecule has 1 aromatic rings. The molecular weight excluding hydrogens is 445 g/mol. The molecule has 0 amide bonds. The predicted molar refractivity (Wildman–Crippen MR) is 115 cm³/mol. The van der Waals surface area contributed by atoms with Crippen molar-refractivity contribution in [2.24, 2.45) is 18.0 Å². The van der Waals surface area contributed by atoms with E-state index < -0.39 is 0 Å². The van der Waals surface area contributed by atoms with E-state index in [0.717, 1.165) is 44.6 Å². The summed E-state index contributed by atoms with van der Waals surface area (Å²) in [6.45, 7) is 9.72. The minimum Gasteiger partial charge on any atom is -0.379 e. The number of hydrogen-bond acceptors (Lipinski definition) is 5. The number of nitrogens with one attached hydrogen (secondary N) is 2. The third-order valence-electron chi connectivity index (χ3n) is 5.03. The van der Waals surface area contributed by atoms with Gasteiger partial charge in [-0.3, -0.25) is 14.6 Å². The zero-order chi connectivity index (χ0) is 18.1. The van der Waals surface area contributed by atoms with Gasteiger partial charge in [-0.2, -0.15) is 5.10 Å². The minimum absolute atomic E-state index is 0. The third kappa shape index (κ3) is 6.66. The zero-order valence-corrected chi connectivity index (χ0v) is 18.8. The fraction of sp³-hybridized carbons (Fsp3) is 0.824. The van der Waals surface area contributed by atoms with Crippen LogP contribution in [0.4, 0.5) is 0 Å². The van der Waals surface area contributed by atoms with E-state index in [1.54, 1.807) is 18.1 Å². The van der Waals surface area contributed by atoms with Gasteiger partial charge in [-0.25, -0.2) is 4.98 Å². The summed E-state index contributed by atoms with van der Waals surface area (Å²) in [5.41, 5.74) is 0. The molecule has 2 rings (SSSR count). The molecule has 1 fully saturated rings. The van der Waals surface area contributed by atoms with Crippen LogP contribution in [0.3, 0.4) is 0 Å². The summed E-state index contributed by atoms with van der Waals surface area (Å²) in [6, 6.07) is 0.493. The van der Waals surface area contributed by atoms with E-state index in [0.29, 0.717) is 18.5 Å². The number of morpholine rings is 1. The topological polar surface area (TPSA) is 79.6 Å². The van der Waals surface area contributed by atoms with Gasteiger partial charge in [-0.1, -0.05) is 26.7 Å². The van der Waals surface area contributed by atoms with Crippen LogP contribution >= 0.6 is 24.0 Å². The van der Waals surface area contributed by atoms with Crippen LogP contribution in [0.5, 0.6) is 0 Å². The summed E-state index contributed by atoms with van der Waals surface area (Å²) in [5, 5.41) is 10.9. The number of nitrogens with zero attached hydrogens (tertiary/aromatic N) is 5. The van der Waals surface area contributed by atoms with Crippen molar-refractivity contribution in [1.82, 2.24) is 30.3 Å². The van der Waals surface area contributed by atoms with Gasteiger partial charge in [0.2, 0.25) is 0 Å². The van der Waals surface area contributed by atoms with Crippen LogP contribution in [0.25, 0.3) is 0 Å². The Morgan fingerprint density at radius 1 is 1.27 bits per heavy atom. The van der Waals surface area contributed by atoms with Gasteiger partial charge in [-0.15, -0.1) is 24.0 Å². The van der Waals surface area contributed by atoms with Crippen molar-refractivity contribution in [3.63, 3.8) is 0 Å². The first-order chi connectivity index (χ1) is 12.2. The van der Waals surface area contributed by atoms with Gasteiger partial charge >= 0.3 is 0 Å². The van der Waals surface area contributed by atoms with E-state index in [1.165, 1.54) is 12.8 Å². The van der Waals surface area contributed by atoms with Crippen LogP contribution in [-0.4, -0.2) is 71.6 Å². The lowest BCUT2D eigenvalue weighted by molar-refractivity contribution is 0.00272. The maximum atomic E-state index is 5.52. The number of ether oxygens (including phenoxy) is 1. The van der Waals surface area contributed by atoms with Gasteiger partial charge in [0, 0.05) is 39.8 Å². The molecule has 0 aliphatic carbocycles. The van der Waals surface area contributed by atoms with E-state index in [4.69, 9.17) is 4.74 Å². The molecule has 0 radical (unpaired) electrons. The summed E-state index contributed by atoms with van der Waals surface area (Å²) >= 11 is 0. The van der Waals surface area contributed by atoms with E-state index in [9.17, 15) is 0 Å². The average Bonchev–Trinajstić information content (AvgIpc) is 3.06. The number of aliphatic imine (C=N–C) groups is 1. The Morgan fingerprint density at radius 3 is 2.50 bits per heavy atom. The summed E-state index contributed by atoms with van der Waals surface area (Å²) in [5.74, 6) is 2.35. The quantitative estimate of drug-likeness (QED) is 0.332. The van der Waals surface area contributed by atoms with Gasteiger partial charge < -0.3 is 15.4 Å². The van der Waals surface area contributed by atoms with Crippen molar-refractivity contribution in [3.05, 3.63) is 12.2 Å². The molecule has 1 aliphatic heterocycles. The number of aryl methyl sites for hydroxylation is 1. The largest absolute Gasteiger partial charge is 0.379 e. The van der Waals surface area contributed by atoms with E-state index >= 15 is 0 Å². The lowest BCUT2D eigenvalue weighted by atomic mass is 9.92. The molecule has 1 saturated heterocycles. The molecule has 0 bridgehead atoms. The second-order valence-corrected chi connectivity index (χ2v) is 6.40. The number of aromatic nitrogens is 3. The summed E-state index contributed by atoms with van der Waals surface area (Å²) in [7, 11) is 3.69. The maximum Gasteiger partial charge on any atom is 0.191 e. The molecule has 2 N–H and O–H groups in total. The van der Waals surface area contributed by atoms with E-state index in [-0.39, 0.29) is 24.0 Å². The highest BCUT2D eigenvalue weighted by Crippen LogP contribution is 2.19. The SMILES string of the molecule is CCC(CC)C(CNC(=NC)NCc1ncnn1C)N1CCOCC1.I. The molecule has 26 heavy (non-hydrogen) atoms. The molecule has 150 valence electrons. The second kappa shape index (κ2) is 12.4. The Bertz CT molecular complexity index is 527. The Labute approximate surface area is 174 Å². The summed E-state index contributed by atoms with van der Waals surface area (Å²) in [6.07, 6.45) is 3.94. The Morgan fingerprint density at radius 2 is 1.96 bits per heavy atom. The number of hydrogen-bond donors (Lipinski definition) is 2. The molecule has 1 unspecified atom stereocenters. The molecule has 1 aliphatic rings. The second-order valence-electron chi connectivity index (χ2n) is 6.40. The molecule has 1 aromatic heterocycles. The smallest absolute Gasteiger partial charge is 0.191 e. The molecule has 2 heterocycles. The molecule has 0 aromatic carbocycles. The normalized spacial score (nSPS) is 17.0. The summed E-state index contributed by atoms with van der Waals surface area (Å²) in [4.78, 5) is 11.1. The van der Waals surface area contributed by atoms with E-state index in [1.807, 2.05) is 7.05 Å². The highest BCUT2D eigenvalue weighted by Gasteiger charge is 2.27. The predicted octanol–water partition coefficient (Wildman–Crippen LogP) is 1.24. The lowest BCUT2D eigenvalue weighted by Gasteiger charge is -2.39. The number of halogens is 1. The van der Waals surface area contributed by atoms with Crippen LogP contribution in [0, 0.1) is 5.92 Å². The van der Waals surface area contributed by atoms with Crippen LogP contribution in [0.15, 0.2) is 11.3 Å². The molecular formula is C17H34IN7O. The zero-order valence-electron chi connectivity index (χ0n) is 16.4. The van der Waals surface area contributed by atoms with Gasteiger partial charge in [0.1, 0.15) is 12.2 Å². The molecule has 9 heteroatoms. The lowest BCUT2D eigenvalue weighted by Crippen LogP contribution is -2.53. The van der Waals surface area contributed by atoms with Gasteiger partial charge in [0.15, 0.2) is 5.96 Å². The molecule has 0 saturated carbocycles. The van der Waals surface area contributed by atoms with Crippen molar-refractivity contribution >= 4 is 29.9 Å². The first-order valence-corrected chi connectivity index (χ1v) is 9.28. The molecule has 8 nitrogen and oxygen atoms in total. The van der Waals surface area contributed by atoms with Crippen molar-refractivity contribution in [3.8, 4) is 0 Å².